The van der Waals surface area contributed by atoms with E-state index in [4.69, 9.17) is 16.3 Å². The molecule has 0 fully saturated rings. The highest BCUT2D eigenvalue weighted by Gasteiger charge is 2.37. The number of hydrogen-bond acceptors (Lipinski definition) is 7. The Balaban J connectivity index is 1.72. The van der Waals surface area contributed by atoms with Gasteiger partial charge in [0.15, 0.2) is 27.5 Å². The number of benzene rings is 3. The third-order valence-corrected chi connectivity index (χ3v) is 8.69. The summed E-state index contributed by atoms with van der Waals surface area (Å²) in [6.45, 7) is -1.10. The van der Waals surface area contributed by atoms with E-state index in [1.165, 1.54) is 60.9 Å². The van der Waals surface area contributed by atoms with E-state index in [-0.39, 0.29) is 44.9 Å². The van der Waals surface area contributed by atoms with E-state index >= 15 is 4.39 Å². The first-order chi connectivity index (χ1) is 21.5. The number of aromatic nitrogens is 2. The number of alkyl halides is 5. The van der Waals surface area contributed by atoms with E-state index in [9.17, 15) is 35.5 Å². The molecule has 0 saturated heterocycles. The average molecular weight is 688 g/mol. The molecule has 46 heavy (non-hydrogen) atoms. The fourth-order valence-electron chi connectivity index (χ4n) is 5.22. The normalized spacial score (nSPS) is 16.9. The predicted octanol–water partition coefficient (Wildman–Crippen LogP) is 7.39. The van der Waals surface area contributed by atoms with Gasteiger partial charge in [0.25, 0.3) is 0 Å². The number of nitrogens with zero attached hydrogens (tertiary/aromatic N) is 3. The fraction of sp³-hybridized carbons (Fsp3) is 0.267. The van der Waals surface area contributed by atoms with Gasteiger partial charge in [0.05, 0.1) is 22.2 Å². The Morgan fingerprint density at radius 2 is 1.80 bits per heavy atom. The Morgan fingerprint density at radius 3 is 2.39 bits per heavy atom. The lowest BCUT2D eigenvalue weighted by molar-refractivity contribution is -0.141. The lowest BCUT2D eigenvalue weighted by atomic mass is 9.92. The first-order valence-corrected chi connectivity index (χ1v) is 15.6. The zero-order valence-corrected chi connectivity index (χ0v) is 25.7. The summed E-state index contributed by atoms with van der Waals surface area (Å²) in [5.41, 5.74) is -0.389. The summed E-state index contributed by atoms with van der Waals surface area (Å²) in [5, 5.41) is 9.46. The van der Waals surface area contributed by atoms with Crippen LogP contribution in [0.15, 0.2) is 64.6 Å². The molecule has 1 aromatic heterocycles. The van der Waals surface area contributed by atoms with Crippen molar-refractivity contribution in [1.29, 1.82) is 0 Å². The van der Waals surface area contributed by atoms with Crippen LogP contribution in [0.3, 0.4) is 0 Å². The molecular weight excluding hydrogens is 664 g/mol. The van der Waals surface area contributed by atoms with Gasteiger partial charge in [0.2, 0.25) is 0 Å². The van der Waals surface area contributed by atoms with Crippen LogP contribution in [0.2, 0.25) is 5.02 Å². The second-order valence-electron chi connectivity index (χ2n) is 10.4. The zero-order valence-electron chi connectivity index (χ0n) is 24.1. The zero-order chi connectivity index (χ0) is 33.7. The fourth-order valence-corrected chi connectivity index (χ4v) is 6.40. The molecule has 5 rings (SSSR count). The monoisotopic (exact) mass is 687 g/mol. The van der Waals surface area contributed by atoms with Crippen molar-refractivity contribution >= 4 is 27.3 Å². The number of aliphatic imine (C=N–C) groups is 1. The van der Waals surface area contributed by atoms with Gasteiger partial charge in [-0.15, -0.1) is 0 Å². The average Bonchev–Trinajstić information content (AvgIpc) is 3.55. The highest BCUT2D eigenvalue weighted by atomic mass is 35.5. The van der Waals surface area contributed by atoms with Crippen LogP contribution in [0.1, 0.15) is 47.3 Å². The summed E-state index contributed by atoms with van der Waals surface area (Å²) in [4.78, 5) is 7.78. The molecular formula is C30H24ClF6N3O5S. The van der Waals surface area contributed by atoms with E-state index < -0.39 is 63.3 Å². The van der Waals surface area contributed by atoms with Gasteiger partial charge in [-0.1, -0.05) is 23.7 Å². The second-order valence-corrected chi connectivity index (χ2v) is 12.8. The maximum atomic E-state index is 15.1. The number of aryl methyl sites for hydroxylation is 1. The number of imidazole rings is 1. The summed E-state index contributed by atoms with van der Waals surface area (Å²) >= 11 is 6.20. The molecule has 3 aromatic carbocycles. The Hall–Kier alpha value is -4.08. The van der Waals surface area contributed by atoms with Crippen molar-refractivity contribution in [3.05, 3.63) is 93.8 Å². The number of halogens is 7. The SMILES string of the molecule is CC1=NC(c2cc(-c3cc(F)c(CO)c(S(C)(=O)=O)c3)ccc2-n2cc(C(F)(F)F)nc2C)C(c2ccc(OC(F)F)c(Cl)c2)O1. The lowest BCUT2D eigenvalue weighted by Crippen LogP contribution is -2.12. The molecule has 0 amide bonds. The minimum Gasteiger partial charge on any atom is -0.471 e. The van der Waals surface area contributed by atoms with E-state index in [1.807, 2.05) is 0 Å². The van der Waals surface area contributed by atoms with Gasteiger partial charge in [-0.25, -0.2) is 22.8 Å². The molecule has 0 spiro atoms. The third kappa shape index (κ3) is 6.57. The lowest BCUT2D eigenvalue weighted by Gasteiger charge is -2.23. The number of ether oxygens (including phenoxy) is 2. The summed E-state index contributed by atoms with van der Waals surface area (Å²) in [7, 11) is -3.99. The van der Waals surface area contributed by atoms with Crippen molar-refractivity contribution in [3.63, 3.8) is 0 Å². The van der Waals surface area contributed by atoms with E-state index in [2.05, 4.69) is 14.7 Å². The van der Waals surface area contributed by atoms with Gasteiger partial charge >= 0.3 is 12.8 Å². The van der Waals surface area contributed by atoms with Crippen LogP contribution in [-0.2, 0) is 27.4 Å². The number of sulfone groups is 1. The first kappa shape index (κ1) is 33.3. The smallest absolute Gasteiger partial charge is 0.434 e. The Labute approximate surface area is 263 Å². The largest absolute Gasteiger partial charge is 0.471 e. The van der Waals surface area contributed by atoms with Crippen LogP contribution in [0.4, 0.5) is 26.3 Å². The molecule has 16 heteroatoms. The molecule has 1 N–H and O–H groups in total. The van der Waals surface area contributed by atoms with Gasteiger partial charge < -0.3 is 19.1 Å². The van der Waals surface area contributed by atoms with E-state index in [0.29, 0.717) is 5.56 Å². The minimum absolute atomic E-state index is 0.0215. The number of rotatable bonds is 8. The van der Waals surface area contributed by atoms with Crippen molar-refractivity contribution in [2.75, 3.05) is 6.26 Å². The molecule has 2 heterocycles. The topological polar surface area (TPSA) is 103 Å². The van der Waals surface area contributed by atoms with Crippen molar-refractivity contribution < 1.29 is 49.3 Å². The molecule has 244 valence electrons. The molecule has 4 aromatic rings. The molecule has 0 saturated carbocycles. The van der Waals surface area contributed by atoms with Crippen LogP contribution in [0.25, 0.3) is 16.8 Å². The highest BCUT2D eigenvalue weighted by molar-refractivity contribution is 7.90. The molecule has 2 atom stereocenters. The Morgan fingerprint density at radius 1 is 1.09 bits per heavy atom. The molecule has 8 nitrogen and oxygen atoms in total. The number of aliphatic hydroxyl groups excluding tert-OH is 1. The summed E-state index contributed by atoms with van der Waals surface area (Å²) in [5.74, 6) is -1.11. The molecule has 0 radical (unpaired) electrons. The van der Waals surface area contributed by atoms with Crippen molar-refractivity contribution in [3.8, 4) is 22.6 Å². The molecule has 1 aliphatic rings. The van der Waals surface area contributed by atoms with Crippen LogP contribution < -0.4 is 4.74 Å². The van der Waals surface area contributed by atoms with Gasteiger partial charge in [-0.2, -0.15) is 22.0 Å². The maximum Gasteiger partial charge on any atom is 0.434 e. The van der Waals surface area contributed by atoms with Gasteiger partial charge in [-0.05, 0) is 60.0 Å². The van der Waals surface area contributed by atoms with Crippen molar-refractivity contribution in [2.24, 2.45) is 4.99 Å². The standard InChI is InChI=1S/C30H24ClF6N3O5S/c1-14-38-26(30(35,36)37)12-40(14)23-6-4-16(18-10-22(32)20(13-41)25(11-18)46(3,42)43)8-19(23)27-28(44-15(2)39-27)17-5-7-24(21(31)9-17)45-29(33)34/h4-12,27-29,41H,13H2,1-3H3. The van der Waals surface area contributed by atoms with Gasteiger partial charge in [-0.3, -0.25) is 0 Å². The first-order valence-electron chi connectivity index (χ1n) is 13.3. The number of aliphatic hydroxyl groups is 1. The van der Waals surface area contributed by atoms with Crippen LogP contribution in [0.5, 0.6) is 5.75 Å². The van der Waals surface area contributed by atoms with Crippen molar-refractivity contribution in [2.45, 2.75) is 50.3 Å². The summed E-state index contributed by atoms with van der Waals surface area (Å²) < 4.78 is 118. The molecule has 0 aliphatic carbocycles. The Bertz CT molecular complexity index is 1960. The van der Waals surface area contributed by atoms with Crippen LogP contribution in [-0.4, -0.2) is 41.8 Å². The highest BCUT2D eigenvalue weighted by Crippen LogP contribution is 2.45. The van der Waals surface area contributed by atoms with Gasteiger partial charge in [0.1, 0.15) is 23.4 Å². The van der Waals surface area contributed by atoms with E-state index in [1.54, 1.807) is 0 Å². The summed E-state index contributed by atoms with van der Waals surface area (Å²) in [6, 6.07) is 9.62. The van der Waals surface area contributed by atoms with Gasteiger partial charge in [0, 0.05) is 30.5 Å². The maximum absolute atomic E-state index is 15.1. The minimum atomic E-state index is -4.75. The van der Waals surface area contributed by atoms with Crippen molar-refractivity contribution in [1.82, 2.24) is 9.55 Å². The Kier molecular flexibility index (Phi) is 8.87. The summed E-state index contributed by atoms with van der Waals surface area (Å²) in [6.07, 6.45) is -4.05. The predicted molar refractivity (Wildman–Crippen MR) is 155 cm³/mol. The molecule has 0 bridgehead atoms. The van der Waals surface area contributed by atoms with Crippen LogP contribution in [0, 0.1) is 12.7 Å². The molecule has 1 aliphatic heterocycles. The van der Waals surface area contributed by atoms with E-state index in [0.717, 1.165) is 18.5 Å². The number of hydrogen-bond donors (Lipinski definition) is 1. The molecule has 2 unspecified atom stereocenters. The third-order valence-electron chi connectivity index (χ3n) is 7.23. The second kappa shape index (κ2) is 12.3. The quantitative estimate of drug-likeness (QED) is 0.194. The van der Waals surface area contributed by atoms with Crippen LogP contribution >= 0.6 is 11.6 Å².